The summed E-state index contributed by atoms with van der Waals surface area (Å²) in [6, 6.07) is 34.3. The van der Waals surface area contributed by atoms with Crippen molar-refractivity contribution < 1.29 is 4.39 Å². The maximum Gasteiger partial charge on any atom is 0.128 e. The van der Waals surface area contributed by atoms with Gasteiger partial charge in [-0.25, -0.2) is 4.39 Å². The number of nitrogens with zero attached hydrogens (tertiary/aromatic N) is 1. The van der Waals surface area contributed by atoms with Crippen molar-refractivity contribution in [2.45, 2.75) is 16.7 Å². The molecule has 4 aromatic carbocycles. The highest BCUT2D eigenvalue weighted by Gasteiger charge is 2.20. The molecule has 0 aliphatic rings. The van der Waals surface area contributed by atoms with E-state index in [2.05, 4.69) is 77.5 Å². The molecule has 5 aromatic rings. The zero-order chi connectivity index (χ0) is 21.9. The van der Waals surface area contributed by atoms with Crippen LogP contribution in [-0.4, -0.2) is 4.57 Å². The minimum atomic E-state index is -0.264. The maximum atomic E-state index is 14.3. The van der Waals surface area contributed by atoms with Crippen LogP contribution in [0.1, 0.15) is 22.7 Å². The summed E-state index contributed by atoms with van der Waals surface area (Å²) in [7, 11) is 0. The van der Waals surface area contributed by atoms with Gasteiger partial charge in [-0.2, -0.15) is 0 Å². The van der Waals surface area contributed by atoms with Gasteiger partial charge in [0.1, 0.15) is 5.82 Å². The number of hydrogen-bond donors (Lipinski definition) is 0. The van der Waals surface area contributed by atoms with E-state index >= 15 is 0 Å². The number of fused-ring (bicyclic) bond motifs is 1. The van der Waals surface area contributed by atoms with Crippen molar-refractivity contribution in [3.05, 3.63) is 137 Å². The Balaban J connectivity index is 1.61. The molecule has 4 heteroatoms. The normalized spacial score (nSPS) is 11.3. The molecule has 158 valence electrons. The summed E-state index contributed by atoms with van der Waals surface area (Å²) in [6.07, 6.45) is 2.19. The molecule has 1 heterocycles. The van der Waals surface area contributed by atoms with Crippen molar-refractivity contribution in [2.75, 3.05) is 0 Å². The van der Waals surface area contributed by atoms with E-state index in [0.717, 1.165) is 15.8 Å². The van der Waals surface area contributed by atoms with Crippen molar-refractivity contribution in [3.8, 4) is 0 Å². The predicted molar refractivity (Wildman–Crippen MR) is 133 cm³/mol. The molecular weight excluding hydrogens is 437 g/mol. The summed E-state index contributed by atoms with van der Waals surface area (Å²) < 4.78 is 16.7. The van der Waals surface area contributed by atoms with Crippen LogP contribution in [0.5, 0.6) is 0 Å². The average Bonchev–Trinajstić information content (AvgIpc) is 3.19. The smallest absolute Gasteiger partial charge is 0.128 e. The molecule has 1 nitrogen and oxygen atoms in total. The highest BCUT2D eigenvalue weighted by molar-refractivity contribution is 7.98. The number of aromatic nitrogens is 1. The zero-order valence-electron chi connectivity index (χ0n) is 17.3. The third-order valence-corrected chi connectivity index (χ3v) is 7.07. The number of hydrogen-bond acceptors (Lipinski definition) is 1. The highest BCUT2D eigenvalue weighted by Crippen LogP contribution is 2.38. The summed E-state index contributed by atoms with van der Waals surface area (Å²) in [5.74, 6) is 0.209. The minimum absolute atomic E-state index is 0.0358. The first-order valence-electron chi connectivity index (χ1n) is 10.5. The maximum absolute atomic E-state index is 14.3. The molecule has 0 spiro atoms. The molecule has 0 fully saturated rings. The van der Waals surface area contributed by atoms with Gasteiger partial charge in [0.15, 0.2) is 0 Å². The largest absolute Gasteiger partial charge is 0.335 e. The Labute approximate surface area is 196 Å². The molecule has 0 unspecified atom stereocenters. The van der Waals surface area contributed by atoms with E-state index in [1.165, 1.54) is 17.2 Å². The van der Waals surface area contributed by atoms with Crippen molar-refractivity contribution in [2.24, 2.45) is 0 Å². The van der Waals surface area contributed by atoms with Crippen LogP contribution in [0.2, 0.25) is 5.02 Å². The second-order valence-corrected chi connectivity index (χ2v) is 9.05. The second-order valence-electron chi connectivity index (χ2n) is 7.63. The molecule has 0 amide bonds. The molecular formula is C28H21ClFNS. The van der Waals surface area contributed by atoms with Gasteiger partial charge < -0.3 is 4.57 Å². The van der Waals surface area contributed by atoms with Crippen LogP contribution in [0.15, 0.2) is 114 Å². The Hall–Kier alpha value is -3.01. The lowest BCUT2D eigenvalue weighted by Crippen LogP contribution is -2.11. The molecule has 0 saturated heterocycles. The van der Waals surface area contributed by atoms with Gasteiger partial charge in [-0.3, -0.25) is 0 Å². The van der Waals surface area contributed by atoms with Crippen molar-refractivity contribution in [1.29, 1.82) is 0 Å². The number of para-hydroxylation sites is 1. The Kier molecular flexibility index (Phi) is 6.02. The Morgan fingerprint density at radius 1 is 0.750 bits per heavy atom. The first-order chi connectivity index (χ1) is 15.7. The first-order valence-corrected chi connectivity index (χ1v) is 11.8. The van der Waals surface area contributed by atoms with E-state index in [4.69, 9.17) is 11.6 Å². The molecule has 1 aromatic heterocycles. The van der Waals surface area contributed by atoms with Gasteiger partial charge in [0.2, 0.25) is 0 Å². The van der Waals surface area contributed by atoms with E-state index in [9.17, 15) is 4.39 Å². The summed E-state index contributed by atoms with van der Waals surface area (Å²) >= 11 is 7.89. The highest BCUT2D eigenvalue weighted by atomic mass is 35.5. The number of rotatable bonds is 6. The second kappa shape index (κ2) is 9.23. The van der Waals surface area contributed by atoms with E-state index in [-0.39, 0.29) is 11.9 Å². The van der Waals surface area contributed by atoms with Crippen molar-refractivity contribution in [3.63, 3.8) is 0 Å². The van der Waals surface area contributed by atoms with Crippen molar-refractivity contribution in [1.82, 2.24) is 4.57 Å². The van der Waals surface area contributed by atoms with Gasteiger partial charge in [-0.1, -0.05) is 96.5 Å². The molecule has 5 rings (SSSR count). The number of halogens is 2. The summed E-state index contributed by atoms with van der Waals surface area (Å²) in [5.41, 5.74) is 4.12. The number of benzene rings is 4. The Morgan fingerprint density at radius 3 is 2.03 bits per heavy atom. The van der Waals surface area contributed by atoms with Crippen LogP contribution in [-0.2, 0) is 5.75 Å². The number of thioether (sulfide) groups is 1. The predicted octanol–water partition coefficient (Wildman–Crippen LogP) is 8.36. The molecule has 0 saturated carbocycles. The monoisotopic (exact) mass is 457 g/mol. The average molecular weight is 458 g/mol. The van der Waals surface area contributed by atoms with Crippen LogP contribution in [0.3, 0.4) is 0 Å². The SMILES string of the molecule is Fc1cccc(Cl)c1CSc1cn(C(c2ccccc2)c2ccccc2)c2ccccc12. The van der Waals surface area contributed by atoms with E-state index in [1.807, 2.05) is 18.2 Å². The molecule has 0 N–H and O–H groups in total. The lowest BCUT2D eigenvalue weighted by Gasteiger charge is -2.21. The van der Waals surface area contributed by atoms with Crippen LogP contribution >= 0.6 is 23.4 Å². The molecule has 32 heavy (non-hydrogen) atoms. The van der Waals surface area contributed by atoms with Gasteiger partial charge in [0.25, 0.3) is 0 Å². The van der Waals surface area contributed by atoms with E-state index in [0.29, 0.717) is 16.3 Å². The first kappa shape index (κ1) is 20.9. The third kappa shape index (κ3) is 4.06. The standard InChI is InChI=1S/C28H21ClFNS/c29-24-15-9-16-25(30)23(24)19-32-27-18-31(26-17-8-7-14-22(26)27)28(20-10-3-1-4-11-20)21-12-5-2-6-13-21/h1-18,28H,19H2. The quantitative estimate of drug-likeness (QED) is 0.232. The zero-order valence-corrected chi connectivity index (χ0v) is 18.9. The molecule has 0 bridgehead atoms. The van der Waals surface area contributed by atoms with E-state index in [1.54, 1.807) is 23.9 Å². The fourth-order valence-electron chi connectivity index (χ4n) is 4.11. The van der Waals surface area contributed by atoms with Gasteiger partial charge >= 0.3 is 0 Å². The lowest BCUT2D eigenvalue weighted by molar-refractivity contribution is 0.617. The van der Waals surface area contributed by atoms with Gasteiger partial charge in [-0.15, -0.1) is 11.8 Å². The summed E-state index contributed by atoms with van der Waals surface area (Å²) in [6.45, 7) is 0. The summed E-state index contributed by atoms with van der Waals surface area (Å²) in [4.78, 5) is 1.11. The topological polar surface area (TPSA) is 4.93 Å². The third-order valence-electron chi connectivity index (χ3n) is 5.65. The van der Waals surface area contributed by atoms with Gasteiger partial charge in [-0.05, 0) is 29.3 Å². The van der Waals surface area contributed by atoms with Gasteiger partial charge in [0.05, 0.1) is 11.6 Å². The molecule has 0 aliphatic heterocycles. The molecule has 0 radical (unpaired) electrons. The fourth-order valence-corrected chi connectivity index (χ4v) is 5.52. The van der Waals surface area contributed by atoms with Crippen LogP contribution in [0.4, 0.5) is 4.39 Å². The van der Waals surface area contributed by atoms with E-state index < -0.39 is 0 Å². The Morgan fingerprint density at radius 2 is 1.38 bits per heavy atom. The molecule has 0 atom stereocenters. The molecule has 0 aliphatic carbocycles. The fraction of sp³-hybridized carbons (Fsp3) is 0.0714. The van der Waals surface area contributed by atoms with Crippen LogP contribution < -0.4 is 0 Å². The Bertz CT molecular complexity index is 1290. The summed E-state index contributed by atoms with van der Waals surface area (Å²) in [5, 5.41) is 1.62. The van der Waals surface area contributed by atoms with Crippen LogP contribution in [0.25, 0.3) is 10.9 Å². The van der Waals surface area contributed by atoms with Crippen LogP contribution in [0, 0.1) is 5.82 Å². The lowest BCUT2D eigenvalue weighted by atomic mass is 9.98. The van der Waals surface area contributed by atoms with Gasteiger partial charge in [0, 0.05) is 32.8 Å². The van der Waals surface area contributed by atoms with Crippen molar-refractivity contribution >= 4 is 34.3 Å². The minimum Gasteiger partial charge on any atom is -0.335 e.